The molecule has 0 aliphatic carbocycles. The van der Waals surface area contributed by atoms with E-state index in [2.05, 4.69) is 4.28 Å². The molecule has 1 fully saturated rings. The van der Waals surface area contributed by atoms with Crippen LogP contribution in [0.5, 0.6) is 0 Å². The number of hydroxylamine groups is 2. The van der Waals surface area contributed by atoms with E-state index < -0.39 is 38.5 Å². The molecule has 0 N–H and O–H groups in total. The molecule has 2 amide bonds. The van der Waals surface area contributed by atoms with Gasteiger partial charge in [0, 0.05) is 38.8 Å². The predicted molar refractivity (Wildman–Crippen MR) is 55.4 cm³/mol. The number of carbonyl (C=O) groups is 2. The van der Waals surface area contributed by atoms with E-state index in [4.69, 9.17) is 0 Å². The Morgan fingerprint density at radius 1 is 1.25 bits per heavy atom. The molecule has 0 saturated carbocycles. The van der Waals surface area contributed by atoms with E-state index in [1.54, 1.807) is 0 Å². The third-order valence-electron chi connectivity index (χ3n) is 2.21. The Kier molecular flexibility index (Phi) is 5.36. The van der Waals surface area contributed by atoms with Gasteiger partial charge in [-0.2, -0.15) is 13.5 Å². The van der Waals surface area contributed by atoms with Crippen LogP contribution >= 0.6 is 0 Å². The molecule has 0 atom stereocenters. The Bertz CT molecular complexity index is 648. The molecule has 0 bridgehead atoms. The van der Waals surface area contributed by atoms with Crippen LogP contribution in [0.2, 0.25) is 0 Å². The summed E-state index contributed by atoms with van der Waals surface area (Å²) >= 11 is 0. The molecule has 1 radical (unpaired) electrons. The number of hydrogen-bond donors (Lipinski definition) is 0. The zero-order chi connectivity index (χ0) is 14.2. The molecule has 10 heteroatoms. The van der Waals surface area contributed by atoms with Crippen molar-refractivity contribution < 1.29 is 63.8 Å². The van der Waals surface area contributed by atoms with E-state index in [1.165, 1.54) is 0 Å². The van der Waals surface area contributed by atoms with Crippen molar-refractivity contribution >= 4 is 21.9 Å². The summed E-state index contributed by atoms with van der Waals surface area (Å²) in [6, 6.07) is 1.68. The summed E-state index contributed by atoms with van der Waals surface area (Å²) in [5, 5.41) is 0.0120. The third kappa shape index (κ3) is 3.40. The van der Waals surface area contributed by atoms with Crippen molar-refractivity contribution in [2.75, 3.05) is 0 Å². The molecule has 1 heterocycles. The van der Waals surface area contributed by atoms with Crippen molar-refractivity contribution in [3.8, 4) is 0 Å². The maximum absolute atomic E-state index is 13.3. The minimum atomic E-state index is -4.73. The maximum atomic E-state index is 13.3. The summed E-state index contributed by atoms with van der Waals surface area (Å²) in [4.78, 5) is 21.3. The summed E-state index contributed by atoms with van der Waals surface area (Å²) < 4.78 is 53.6. The van der Waals surface area contributed by atoms with Crippen molar-refractivity contribution in [2.45, 2.75) is 11.3 Å². The van der Waals surface area contributed by atoms with E-state index in [-0.39, 0.29) is 44.2 Å². The molecule has 1 aliphatic rings. The van der Waals surface area contributed by atoms with Crippen LogP contribution in [0.25, 0.3) is 0 Å². The van der Waals surface area contributed by atoms with Gasteiger partial charge in [-0.1, -0.05) is 6.42 Å². The summed E-state index contributed by atoms with van der Waals surface area (Å²) in [5.41, 5.74) is 0. The Morgan fingerprint density at radius 3 is 2.40 bits per heavy atom. The number of nitrogens with zero attached hydrogens (tertiary/aromatic N) is 1. The second kappa shape index (κ2) is 6.25. The zero-order valence-electron chi connectivity index (χ0n) is 9.75. The minimum Gasteiger partial charge on any atom is -0.308 e. The van der Waals surface area contributed by atoms with Crippen LogP contribution in [0.4, 0.5) is 8.78 Å². The summed E-state index contributed by atoms with van der Waals surface area (Å²) in [5.74, 6) is -4.21. The monoisotopic (exact) mass is 379 g/mol. The molecular formula is C10H6F2NO5SY-. The number of imide groups is 1. The van der Waals surface area contributed by atoms with Gasteiger partial charge in [0.2, 0.25) is 5.91 Å². The average molecular weight is 379 g/mol. The van der Waals surface area contributed by atoms with E-state index >= 15 is 0 Å². The van der Waals surface area contributed by atoms with E-state index in [0.717, 1.165) is 6.42 Å². The first-order chi connectivity index (χ1) is 8.81. The Morgan fingerprint density at radius 2 is 1.90 bits per heavy atom. The van der Waals surface area contributed by atoms with Crippen molar-refractivity contribution in [3.05, 3.63) is 36.3 Å². The second-order valence-corrected chi connectivity index (χ2v) is 5.04. The van der Waals surface area contributed by atoms with Gasteiger partial charge in [0.1, 0.15) is 22.4 Å². The van der Waals surface area contributed by atoms with Gasteiger partial charge in [0.25, 0.3) is 0 Å². The third-order valence-corrected chi connectivity index (χ3v) is 3.43. The second-order valence-electron chi connectivity index (χ2n) is 3.54. The first-order valence-corrected chi connectivity index (χ1v) is 6.32. The standard InChI is InChI=1S/C10H6F2NO5S.Y/c11-6-1-2-8(7(12)5-6)19(16,17)18-13-9(14)3-4-10(13)15;/h1-3,5H,4H2;/q-1;. The molecule has 105 valence electrons. The SMILES string of the molecule is O=C1[CH-]CC(=O)N1OS(=O)(=O)c1ccc(F)cc1F.[Y]. The number of benzene rings is 1. The number of halogens is 2. The molecular weight excluding hydrogens is 373 g/mol. The topological polar surface area (TPSA) is 80.8 Å². The van der Waals surface area contributed by atoms with Crippen molar-refractivity contribution in [2.24, 2.45) is 0 Å². The van der Waals surface area contributed by atoms with Crippen LogP contribution in [0, 0.1) is 18.1 Å². The van der Waals surface area contributed by atoms with Gasteiger partial charge < -0.3 is 4.79 Å². The van der Waals surface area contributed by atoms with Gasteiger partial charge >= 0.3 is 10.1 Å². The molecule has 0 unspecified atom stereocenters. The van der Waals surface area contributed by atoms with E-state index in [0.29, 0.717) is 18.2 Å². The minimum absolute atomic E-state index is 0. The normalized spacial score (nSPS) is 15.0. The first-order valence-electron chi connectivity index (χ1n) is 4.91. The molecule has 0 aromatic heterocycles. The van der Waals surface area contributed by atoms with Crippen LogP contribution < -0.4 is 0 Å². The van der Waals surface area contributed by atoms with Gasteiger partial charge in [-0.15, -0.1) is 4.28 Å². The fraction of sp³-hybridized carbons (Fsp3) is 0.100. The maximum Gasteiger partial charge on any atom is 0.321 e. The summed E-state index contributed by atoms with van der Waals surface area (Å²) in [6.45, 7) is 0. The fourth-order valence-electron chi connectivity index (χ4n) is 1.36. The van der Waals surface area contributed by atoms with Gasteiger partial charge in [-0.25, -0.2) is 8.78 Å². The predicted octanol–water partition coefficient (Wildman–Crippen LogP) is 0.546. The van der Waals surface area contributed by atoms with Crippen LogP contribution in [0.1, 0.15) is 6.42 Å². The van der Waals surface area contributed by atoms with Crippen molar-refractivity contribution in [3.63, 3.8) is 0 Å². The Labute approximate surface area is 138 Å². The van der Waals surface area contributed by atoms with Crippen LogP contribution in [0.3, 0.4) is 0 Å². The van der Waals surface area contributed by atoms with Crippen LogP contribution in [-0.4, -0.2) is 25.3 Å². The first kappa shape index (κ1) is 17.2. The molecule has 1 aromatic rings. The molecule has 1 aromatic carbocycles. The number of hydrogen-bond acceptors (Lipinski definition) is 5. The van der Waals surface area contributed by atoms with Crippen LogP contribution in [0.15, 0.2) is 23.1 Å². The Balaban J connectivity index is 0.00000200. The zero-order valence-corrected chi connectivity index (χ0v) is 13.4. The molecule has 2 rings (SSSR count). The molecule has 20 heavy (non-hydrogen) atoms. The van der Waals surface area contributed by atoms with Gasteiger partial charge in [0.05, 0.1) is 0 Å². The van der Waals surface area contributed by atoms with Gasteiger partial charge in [0.15, 0.2) is 0 Å². The van der Waals surface area contributed by atoms with Crippen LogP contribution in [-0.2, 0) is 56.7 Å². The largest absolute Gasteiger partial charge is 0.321 e. The van der Waals surface area contributed by atoms with E-state index in [9.17, 15) is 26.8 Å². The summed E-state index contributed by atoms with van der Waals surface area (Å²) in [7, 11) is -4.73. The quantitative estimate of drug-likeness (QED) is 0.566. The van der Waals surface area contributed by atoms with Gasteiger partial charge in [-0.3, -0.25) is 11.2 Å². The Hall–Kier alpha value is -0.896. The molecule has 0 spiro atoms. The number of amides is 2. The smallest absolute Gasteiger partial charge is 0.308 e. The molecule has 1 saturated heterocycles. The van der Waals surface area contributed by atoms with Crippen molar-refractivity contribution in [1.29, 1.82) is 0 Å². The fourth-order valence-corrected chi connectivity index (χ4v) is 2.32. The summed E-state index contributed by atoms with van der Waals surface area (Å²) in [6.07, 6.45) is 0.610. The number of carbonyl (C=O) groups excluding carboxylic acids is 2. The molecule has 6 nitrogen and oxygen atoms in total. The number of rotatable bonds is 3. The van der Waals surface area contributed by atoms with E-state index in [1.807, 2.05) is 0 Å². The average Bonchev–Trinajstić information content (AvgIpc) is 2.60. The van der Waals surface area contributed by atoms with Gasteiger partial charge in [-0.05, 0) is 12.1 Å². The molecule has 1 aliphatic heterocycles. The van der Waals surface area contributed by atoms with Crippen molar-refractivity contribution in [1.82, 2.24) is 5.06 Å².